The summed E-state index contributed by atoms with van der Waals surface area (Å²) in [5, 5.41) is 9.88. The summed E-state index contributed by atoms with van der Waals surface area (Å²) in [5.41, 5.74) is 1.95. The van der Waals surface area contributed by atoms with Crippen LogP contribution in [0.5, 0.6) is 0 Å². The third-order valence-electron chi connectivity index (χ3n) is 2.22. The third-order valence-corrected chi connectivity index (χ3v) is 3.80. The highest BCUT2D eigenvalue weighted by Gasteiger charge is 2.10. The molecule has 2 rings (SSSR count). The number of rotatable bonds is 2. The van der Waals surface area contributed by atoms with Crippen LogP contribution in [0.2, 0.25) is 0 Å². The fraction of sp³-hybridized carbons (Fsp3) is 0.167. The molecular formula is C12H9BrN2S. The van der Waals surface area contributed by atoms with Gasteiger partial charge in [-0.05, 0) is 18.6 Å². The zero-order chi connectivity index (χ0) is 11.5. The second kappa shape index (κ2) is 4.77. The van der Waals surface area contributed by atoms with E-state index in [2.05, 4.69) is 27.0 Å². The maximum atomic E-state index is 8.97. The predicted octanol–water partition coefficient (Wildman–Crippen LogP) is 4.01. The molecule has 0 fully saturated rings. The molecule has 16 heavy (non-hydrogen) atoms. The quantitative estimate of drug-likeness (QED) is 0.839. The highest BCUT2D eigenvalue weighted by atomic mass is 79.9. The van der Waals surface area contributed by atoms with E-state index in [4.69, 9.17) is 5.26 Å². The lowest BCUT2D eigenvalue weighted by Crippen LogP contribution is -1.83. The van der Waals surface area contributed by atoms with E-state index in [-0.39, 0.29) is 0 Å². The predicted molar refractivity (Wildman–Crippen MR) is 69.3 cm³/mol. The molecule has 4 heteroatoms. The Morgan fingerprint density at radius 3 is 2.56 bits per heavy atom. The van der Waals surface area contributed by atoms with Crippen LogP contribution in [-0.2, 0) is 6.42 Å². The fourth-order valence-electron chi connectivity index (χ4n) is 1.39. The molecule has 0 aliphatic carbocycles. The number of thiazole rings is 1. The Labute approximate surface area is 107 Å². The molecule has 0 N–H and O–H groups in total. The minimum atomic E-state index is 0.723. The maximum Gasteiger partial charge on any atom is 0.128 e. The van der Waals surface area contributed by atoms with Crippen molar-refractivity contribution in [2.24, 2.45) is 0 Å². The Bertz CT molecular complexity index is 537. The van der Waals surface area contributed by atoms with Gasteiger partial charge in [-0.15, -0.1) is 11.3 Å². The Balaban J connectivity index is 2.45. The number of halogens is 1. The SMILES string of the molecule is CCc1nc(-c2ccc(Br)cc2)sc1C#N. The summed E-state index contributed by atoms with van der Waals surface area (Å²) in [5.74, 6) is 0. The Hall–Kier alpha value is -1.18. The van der Waals surface area contributed by atoms with E-state index in [1.165, 1.54) is 11.3 Å². The van der Waals surface area contributed by atoms with Gasteiger partial charge in [0.15, 0.2) is 0 Å². The maximum absolute atomic E-state index is 8.97. The number of aryl methyl sites for hydroxylation is 1. The van der Waals surface area contributed by atoms with Crippen molar-refractivity contribution in [2.45, 2.75) is 13.3 Å². The van der Waals surface area contributed by atoms with Crippen LogP contribution >= 0.6 is 27.3 Å². The van der Waals surface area contributed by atoms with Crippen LogP contribution in [-0.4, -0.2) is 4.98 Å². The summed E-state index contributed by atoms with van der Waals surface area (Å²) in [6.45, 7) is 2.02. The topological polar surface area (TPSA) is 36.7 Å². The highest BCUT2D eigenvalue weighted by molar-refractivity contribution is 9.10. The average molecular weight is 293 g/mol. The van der Waals surface area contributed by atoms with Crippen LogP contribution in [0.15, 0.2) is 28.7 Å². The highest BCUT2D eigenvalue weighted by Crippen LogP contribution is 2.28. The molecule has 0 radical (unpaired) electrons. The zero-order valence-corrected chi connectivity index (χ0v) is 11.1. The van der Waals surface area contributed by atoms with Gasteiger partial charge in [0.2, 0.25) is 0 Å². The monoisotopic (exact) mass is 292 g/mol. The number of hydrogen-bond acceptors (Lipinski definition) is 3. The molecule has 1 heterocycles. The molecule has 0 amide bonds. The van der Waals surface area contributed by atoms with Crippen molar-refractivity contribution >= 4 is 27.3 Å². The van der Waals surface area contributed by atoms with Gasteiger partial charge in [-0.25, -0.2) is 4.98 Å². The molecule has 1 aromatic carbocycles. The van der Waals surface area contributed by atoms with E-state index >= 15 is 0 Å². The van der Waals surface area contributed by atoms with Crippen molar-refractivity contribution in [3.63, 3.8) is 0 Å². The number of aromatic nitrogens is 1. The fourth-order valence-corrected chi connectivity index (χ4v) is 2.62. The smallest absolute Gasteiger partial charge is 0.128 e. The van der Waals surface area contributed by atoms with Gasteiger partial charge in [0.1, 0.15) is 16.0 Å². The number of nitrogens with zero attached hydrogens (tertiary/aromatic N) is 2. The van der Waals surface area contributed by atoms with Crippen molar-refractivity contribution in [2.75, 3.05) is 0 Å². The Morgan fingerprint density at radius 1 is 1.38 bits per heavy atom. The van der Waals surface area contributed by atoms with E-state index in [1.54, 1.807) is 0 Å². The first-order valence-electron chi connectivity index (χ1n) is 4.90. The first-order chi connectivity index (χ1) is 7.74. The Kier molecular flexibility index (Phi) is 3.37. The molecule has 0 spiro atoms. The minimum Gasteiger partial charge on any atom is -0.240 e. The lowest BCUT2D eigenvalue weighted by Gasteiger charge is -1.95. The molecule has 0 atom stereocenters. The first kappa shape index (κ1) is 11.3. The molecule has 0 aliphatic heterocycles. The van der Waals surface area contributed by atoms with Crippen LogP contribution in [0.1, 0.15) is 17.5 Å². The molecule has 2 aromatic rings. The van der Waals surface area contributed by atoms with Gasteiger partial charge in [-0.3, -0.25) is 0 Å². The third kappa shape index (κ3) is 2.16. The summed E-state index contributed by atoms with van der Waals surface area (Å²) in [4.78, 5) is 5.20. The van der Waals surface area contributed by atoms with Gasteiger partial charge >= 0.3 is 0 Å². The summed E-state index contributed by atoms with van der Waals surface area (Å²) >= 11 is 4.85. The van der Waals surface area contributed by atoms with Crippen molar-refractivity contribution in [3.8, 4) is 16.6 Å². The van der Waals surface area contributed by atoms with Crippen LogP contribution in [0.3, 0.4) is 0 Å². The lowest BCUT2D eigenvalue weighted by molar-refractivity contribution is 1.06. The molecule has 1 aromatic heterocycles. The van der Waals surface area contributed by atoms with E-state index in [0.29, 0.717) is 0 Å². The molecule has 80 valence electrons. The summed E-state index contributed by atoms with van der Waals surface area (Å²) in [6, 6.07) is 10.2. The summed E-state index contributed by atoms with van der Waals surface area (Å²) in [7, 11) is 0. The van der Waals surface area contributed by atoms with E-state index < -0.39 is 0 Å². The number of benzene rings is 1. The molecule has 0 unspecified atom stereocenters. The van der Waals surface area contributed by atoms with Gasteiger partial charge in [-0.1, -0.05) is 35.0 Å². The van der Waals surface area contributed by atoms with Crippen molar-refractivity contribution < 1.29 is 0 Å². The van der Waals surface area contributed by atoms with Crippen LogP contribution in [0.4, 0.5) is 0 Å². The normalized spacial score (nSPS) is 10.1. The van der Waals surface area contributed by atoms with E-state index in [9.17, 15) is 0 Å². The van der Waals surface area contributed by atoms with Crippen molar-refractivity contribution in [1.82, 2.24) is 4.98 Å². The summed E-state index contributed by atoms with van der Waals surface area (Å²) in [6.07, 6.45) is 0.802. The first-order valence-corrected chi connectivity index (χ1v) is 6.51. The summed E-state index contributed by atoms with van der Waals surface area (Å²) < 4.78 is 1.05. The second-order valence-corrected chi connectivity index (χ2v) is 5.18. The molecule has 2 nitrogen and oxygen atoms in total. The van der Waals surface area contributed by atoms with Crippen LogP contribution < -0.4 is 0 Å². The largest absolute Gasteiger partial charge is 0.240 e. The lowest BCUT2D eigenvalue weighted by atomic mass is 10.2. The molecule has 0 bridgehead atoms. The zero-order valence-electron chi connectivity index (χ0n) is 8.70. The second-order valence-electron chi connectivity index (χ2n) is 3.27. The van der Waals surface area contributed by atoms with Gasteiger partial charge in [0.05, 0.1) is 5.69 Å². The average Bonchev–Trinajstić information content (AvgIpc) is 2.73. The van der Waals surface area contributed by atoms with Gasteiger partial charge in [-0.2, -0.15) is 5.26 Å². The van der Waals surface area contributed by atoms with Gasteiger partial charge < -0.3 is 0 Å². The molecular weight excluding hydrogens is 284 g/mol. The standard InChI is InChI=1S/C12H9BrN2S/c1-2-10-11(7-14)16-12(15-10)8-3-5-9(13)6-4-8/h3-6H,2H2,1H3. The number of hydrogen-bond donors (Lipinski definition) is 0. The van der Waals surface area contributed by atoms with Crippen LogP contribution in [0.25, 0.3) is 10.6 Å². The molecule has 0 saturated carbocycles. The van der Waals surface area contributed by atoms with E-state index in [0.717, 1.165) is 32.0 Å². The van der Waals surface area contributed by atoms with Crippen LogP contribution in [0, 0.1) is 11.3 Å². The molecule has 0 saturated heterocycles. The van der Waals surface area contributed by atoms with Crippen molar-refractivity contribution in [1.29, 1.82) is 5.26 Å². The minimum absolute atomic E-state index is 0.723. The van der Waals surface area contributed by atoms with Gasteiger partial charge in [0, 0.05) is 10.0 Å². The van der Waals surface area contributed by atoms with Gasteiger partial charge in [0.25, 0.3) is 0 Å². The molecule has 0 aliphatic rings. The Morgan fingerprint density at radius 2 is 2.06 bits per heavy atom. The van der Waals surface area contributed by atoms with Crippen molar-refractivity contribution in [3.05, 3.63) is 39.3 Å². The van der Waals surface area contributed by atoms with E-state index in [1.807, 2.05) is 31.2 Å². The number of nitriles is 1.